The number of carbonyl (C=O) groups is 7. The number of guanidine groups is 1. The Bertz CT molecular complexity index is 4950. The first-order valence-electron chi connectivity index (χ1n) is 36.7. The number of fused-ring (bicyclic) bond motifs is 3. The molecule has 29 heteroatoms. The summed E-state index contributed by atoms with van der Waals surface area (Å²) in [5.41, 5.74) is 8.12. The van der Waals surface area contributed by atoms with Gasteiger partial charge in [0.15, 0.2) is 0 Å². The van der Waals surface area contributed by atoms with Gasteiger partial charge in [0.05, 0.1) is 51.3 Å². The standard InChI is InChI=1S/C80H99N15O13S/c1-46(2)68(76(103)90-63(45-107-79(6,7)8)75(102)89-62(73(100)82-11)39-50-19-14-12-15-20-50)92-74(101)61(23-18-35-84-77(81)93-109(105,106)71-48(4)47(3)70-58(49(71)5)42-80(9,10)108-70)87-67(98)43-85-65(96)30-31-66(97)86-54-28-29-60-64(40-54)95(78(104)91-60)55-33-37-94(38-34-55)44-51-24-26-53(27-25-51)69-56(52-21-16-13-17-22-52)41-57-59(88-69)32-36-83-72(57)99/h12-17,19-22,24-29,32,36,40-41,46,55,61-63,68H,18,23,30-31,33-35,37-39,42-45H2,1-11H3,(H,82,100)(H,83,99)(H,85,96)(H,86,97)(H,87,98)(H,89,102)(H,90,103)(H,91,104)(H,92,101)(H3,81,84,93)/t61-,62-,63-,68-/m0/s1. The molecular formula is C80H99N15O13S. The Morgan fingerprint density at radius 2 is 1.40 bits per heavy atom. The summed E-state index contributed by atoms with van der Waals surface area (Å²) < 4.78 is 44.2. The lowest BCUT2D eigenvalue weighted by atomic mass is 9.94. The second kappa shape index (κ2) is 34.9. The summed E-state index contributed by atoms with van der Waals surface area (Å²) >= 11 is 0. The number of aromatic amines is 2. The van der Waals surface area contributed by atoms with Crippen molar-refractivity contribution < 1.29 is 51.5 Å². The van der Waals surface area contributed by atoms with Crippen LogP contribution in [0.25, 0.3) is 44.3 Å². The lowest BCUT2D eigenvalue weighted by molar-refractivity contribution is -0.137. The Hall–Kier alpha value is -11.0. The Kier molecular flexibility index (Phi) is 25.8. The van der Waals surface area contributed by atoms with Crippen LogP contribution in [0.5, 0.6) is 5.75 Å². The number of likely N-dealkylation sites (tertiary alicyclic amines) is 1. The number of piperidine rings is 1. The summed E-state index contributed by atoms with van der Waals surface area (Å²) in [6.07, 6.45) is 2.83. The van der Waals surface area contributed by atoms with E-state index in [2.05, 4.69) is 86.4 Å². The van der Waals surface area contributed by atoms with Crippen LogP contribution in [0.2, 0.25) is 0 Å². The monoisotopic (exact) mass is 1510 g/mol. The molecular weight excluding hydrogens is 1410 g/mol. The molecule has 0 aliphatic carbocycles. The molecule has 578 valence electrons. The number of imidazole rings is 1. The van der Waals surface area contributed by atoms with Crippen molar-refractivity contribution in [2.24, 2.45) is 5.92 Å². The molecule has 0 bridgehead atoms. The van der Waals surface area contributed by atoms with E-state index in [9.17, 15) is 51.6 Å². The number of aromatic nitrogens is 4. The minimum Gasteiger partial charge on any atom is -0.487 e. The number of carbonyl (C=O) groups excluding carboxylic acids is 7. The number of H-pyrrole nitrogens is 2. The first-order chi connectivity index (χ1) is 51.7. The van der Waals surface area contributed by atoms with Crippen LogP contribution in [0.3, 0.4) is 0 Å². The van der Waals surface area contributed by atoms with Gasteiger partial charge in [-0.25, -0.2) is 22.9 Å². The van der Waals surface area contributed by atoms with Gasteiger partial charge in [0.1, 0.15) is 35.5 Å². The summed E-state index contributed by atoms with van der Waals surface area (Å²) in [6.45, 7) is 18.7. The quantitative estimate of drug-likeness (QED) is 0.0124. The fraction of sp³-hybridized carbons (Fsp3) is 0.412. The van der Waals surface area contributed by atoms with Crippen molar-refractivity contribution in [3.8, 4) is 28.1 Å². The van der Waals surface area contributed by atoms with Gasteiger partial charge in [-0.2, -0.15) is 0 Å². The fourth-order valence-corrected chi connectivity index (χ4v) is 15.3. The summed E-state index contributed by atoms with van der Waals surface area (Å²) in [7, 11) is -2.88. The van der Waals surface area contributed by atoms with Gasteiger partial charge in [0.2, 0.25) is 47.3 Å². The molecule has 12 N–H and O–H groups in total. The second-order valence-electron chi connectivity index (χ2n) is 29.9. The molecule has 0 radical (unpaired) electrons. The first-order valence-corrected chi connectivity index (χ1v) is 38.2. The lowest BCUT2D eigenvalue weighted by Gasteiger charge is -2.32. The molecule has 4 atom stereocenters. The maximum atomic E-state index is 14.5. The van der Waals surface area contributed by atoms with Crippen molar-refractivity contribution in [3.05, 3.63) is 176 Å². The van der Waals surface area contributed by atoms with Gasteiger partial charge in [-0.3, -0.25) is 53.2 Å². The number of hydrogen-bond donors (Lipinski definition) is 12. The van der Waals surface area contributed by atoms with E-state index in [1.165, 1.54) is 7.05 Å². The molecule has 0 spiro atoms. The van der Waals surface area contributed by atoms with E-state index in [4.69, 9.17) is 19.9 Å². The van der Waals surface area contributed by atoms with Crippen molar-refractivity contribution in [2.45, 2.75) is 173 Å². The van der Waals surface area contributed by atoms with Crippen LogP contribution in [0.4, 0.5) is 5.69 Å². The number of nitrogens with zero attached hydrogens (tertiary/aromatic N) is 3. The van der Waals surface area contributed by atoms with Gasteiger partial charge < -0.3 is 62.0 Å². The molecule has 5 heterocycles. The summed E-state index contributed by atoms with van der Waals surface area (Å²) in [5.74, 6) is -5.42. The highest BCUT2D eigenvalue weighted by molar-refractivity contribution is 7.90. The van der Waals surface area contributed by atoms with Crippen molar-refractivity contribution in [1.82, 2.24) is 66.4 Å². The van der Waals surface area contributed by atoms with Crippen molar-refractivity contribution >= 4 is 85.0 Å². The smallest absolute Gasteiger partial charge is 0.326 e. The molecule has 10 rings (SSSR count). The zero-order valence-electron chi connectivity index (χ0n) is 63.5. The predicted molar refractivity (Wildman–Crippen MR) is 417 cm³/mol. The van der Waals surface area contributed by atoms with Crippen LogP contribution < -0.4 is 63.2 Å². The van der Waals surface area contributed by atoms with Gasteiger partial charge in [0.25, 0.3) is 15.6 Å². The molecule has 8 aromatic rings. The highest BCUT2D eigenvalue weighted by atomic mass is 32.2. The third-order valence-electron chi connectivity index (χ3n) is 19.6. The zero-order valence-corrected chi connectivity index (χ0v) is 64.3. The van der Waals surface area contributed by atoms with Crippen LogP contribution in [0.1, 0.15) is 126 Å². The van der Waals surface area contributed by atoms with Crippen LogP contribution >= 0.6 is 0 Å². The van der Waals surface area contributed by atoms with Crippen LogP contribution in [-0.2, 0) is 67.7 Å². The van der Waals surface area contributed by atoms with Crippen LogP contribution in [0.15, 0.2) is 136 Å². The number of hydrogen-bond acceptors (Lipinski definition) is 16. The van der Waals surface area contributed by atoms with Gasteiger partial charge >= 0.3 is 5.69 Å². The Balaban J connectivity index is 0.747. The van der Waals surface area contributed by atoms with Gasteiger partial charge in [-0.05, 0) is 151 Å². The van der Waals surface area contributed by atoms with Crippen molar-refractivity contribution in [1.29, 1.82) is 5.41 Å². The average molecular weight is 1510 g/mol. The topological polar surface area (TPSA) is 391 Å². The number of nitrogens with one attached hydrogen (secondary N) is 12. The number of rotatable bonds is 30. The molecule has 0 saturated carbocycles. The highest BCUT2D eigenvalue weighted by Gasteiger charge is 2.38. The third kappa shape index (κ3) is 20.6. The number of amides is 7. The fourth-order valence-electron chi connectivity index (χ4n) is 13.8. The highest BCUT2D eigenvalue weighted by Crippen LogP contribution is 2.44. The molecule has 28 nitrogen and oxygen atoms in total. The number of benzene rings is 5. The van der Waals surface area contributed by atoms with E-state index < -0.39 is 105 Å². The van der Waals surface area contributed by atoms with Crippen LogP contribution in [-0.4, -0.2) is 155 Å². The zero-order chi connectivity index (χ0) is 78.6. The Labute approximate surface area is 633 Å². The summed E-state index contributed by atoms with van der Waals surface area (Å²) in [6, 6.07) is 30.6. The maximum absolute atomic E-state index is 14.5. The number of likely N-dealkylation sites (N-methyl/N-ethyl adjacent to an activating group) is 1. The Morgan fingerprint density at radius 3 is 2.08 bits per heavy atom. The normalized spacial score (nSPS) is 14.8. The van der Waals surface area contributed by atoms with Gasteiger partial charge in [0, 0.05) is 93.5 Å². The minimum absolute atomic E-state index is 0.0257. The number of sulfonamides is 1. The SMILES string of the molecule is CNC(=O)[C@H](Cc1ccccc1)NC(=O)[C@H](COC(C)(C)C)NC(=O)[C@@H](NC(=O)[C@H](CCCNC(=N)NS(=O)(=O)c1c(C)c(C)c2c(c1C)CC(C)(C)O2)NC(=O)CNC(=O)CCC(=O)Nc1ccc2[nH]c(=O)n(C3CCN(Cc4ccc(-c5nc6cc[nH]c(=O)c6cc5-c5ccccc5)cc4)CC3)c2c1)C(C)C. The number of anilines is 1. The Morgan fingerprint density at radius 1 is 0.734 bits per heavy atom. The molecule has 2 aliphatic heterocycles. The second-order valence-corrected chi connectivity index (χ2v) is 31.5. The predicted octanol–water partition coefficient (Wildman–Crippen LogP) is 6.89. The van der Waals surface area contributed by atoms with E-state index >= 15 is 0 Å². The molecule has 3 aromatic heterocycles. The molecule has 1 saturated heterocycles. The van der Waals surface area contributed by atoms with E-state index in [0.29, 0.717) is 89.0 Å². The van der Waals surface area contributed by atoms with Gasteiger partial charge in [-0.15, -0.1) is 0 Å². The van der Waals surface area contributed by atoms with E-state index in [1.54, 1.807) is 115 Å². The average Bonchev–Trinajstić information content (AvgIpc) is 1.64. The lowest BCUT2D eigenvalue weighted by Crippen LogP contribution is -2.61. The first kappa shape index (κ1) is 80.5. The van der Waals surface area contributed by atoms with E-state index in [1.807, 2.05) is 56.3 Å². The largest absolute Gasteiger partial charge is 0.487 e. The molecule has 1 fully saturated rings. The number of ether oxygens (including phenoxy) is 2. The third-order valence-corrected chi connectivity index (χ3v) is 21.2. The summed E-state index contributed by atoms with van der Waals surface area (Å²) in [5, 5.41) is 30.6. The van der Waals surface area contributed by atoms with Gasteiger partial charge in [-0.1, -0.05) is 98.8 Å². The molecule has 2 aliphatic rings. The molecule has 109 heavy (non-hydrogen) atoms. The summed E-state index contributed by atoms with van der Waals surface area (Å²) in [4.78, 5) is 136. The van der Waals surface area contributed by atoms with Crippen LogP contribution in [0, 0.1) is 32.1 Å². The van der Waals surface area contributed by atoms with E-state index in [-0.39, 0.29) is 67.4 Å². The molecule has 0 unspecified atom stereocenters. The minimum atomic E-state index is -4.31. The molecule has 7 amide bonds. The number of pyridine rings is 2. The van der Waals surface area contributed by atoms with E-state index in [0.717, 1.165) is 39.1 Å². The maximum Gasteiger partial charge on any atom is 0.326 e. The van der Waals surface area contributed by atoms with Crippen molar-refractivity contribution in [2.75, 3.05) is 45.2 Å². The molecule has 5 aromatic carbocycles. The van der Waals surface area contributed by atoms with Crippen molar-refractivity contribution in [3.63, 3.8) is 0 Å².